The largest absolute Gasteiger partial charge is 0.633 e. The van der Waals surface area contributed by atoms with Crippen LogP contribution in [-0.2, 0) is 10.4 Å². The van der Waals surface area contributed by atoms with Crippen LogP contribution in [0.1, 0.15) is 145 Å². The molecule has 2 N–H and O–H groups in total. The highest BCUT2D eigenvalue weighted by Crippen LogP contribution is 2.33. The van der Waals surface area contributed by atoms with Crippen molar-refractivity contribution in [1.29, 1.82) is 0 Å². The van der Waals surface area contributed by atoms with Gasteiger partial charge in [0.25, 0.3) is 0 Å². The maximum Gasteiger partial charge on any atom is 0.170 e. The van der Waals surface area contributed by atoms with E-state index in [0.29, 0.717) is 12.8 Å². The molecule has 0 aromatic heterocycles. The minimum Gasteiger partial charge on any atom is -0.633 e. The molecule has 40 heavy (non-hydrogen) atoms. The number of unbranched alkanes of at least 4 members (excludes halogenated alkanes) is 10. The van der Waals surface area contributed by atoms with Crippen LogP contribution in [0.2, 0.25) is 0 Å². The Balaban J connectivity index is 1.35. The maximum absolute atomic E-state index is 12.7. The summed E-state index contributed by atoms with van der Waals surface area (Å²) in [7, 11) is 3.99. The first kappa shape index (κ1) is 36.6. The van der Waals surface area contributed by atoms with Crippen molar-refractivity contribution in [3.63, 3.8) is 0 Å². The highest BCUT2D eigenvalue weighted by Gasteiger charge is 2.60. The lowest BCUT2D eigenvalue weighted by molar-refractivity contribution is -0.920. The molecule has 4 atom stereocenters. The Morgan fingerprint density at radius 2 is 0.800 bits per heavy atom. The van der Waals surface area contributed by atoms with E-state index in [9.17, 15) is 20.8 Å². The zero-order chi connectivity index (χ0) is 30.2. The van der Waals surface area contributed by atoms with Gasteiger partial charge in [-0.1, -0.05) is 83.1 Å². The Kier molecular flexibility index (Phi) is 14.5. The second-order valence-corrected chi connectivity index (χ2v) is 16.9. The minimum atomic E-state index is -0.624. The lowest BCUT2D eigenvalue weighted by atomic mass is 9.84. The summed E-state index contributed by atoms with van der Waals surface area (Å²) in [5.41, 5.74) is -2.40. The fourth-order valence-electron chi connectivity index (χ4n) is 6.01. The van der Waals surface area contributed by atoms with Gasteiger partial charge in [-0.25, -0.2) is 0 Å². The highest BCUT2D eigenvalue weighted by atomic mass is 33.1. The van der Waals surface area contributed by atoms with Crippen molar-refractivity contribution in [3.8, 4) is 0 Å². The molecule has 0 aromatic carbocycles. The molecule has 0 spiro atoms. The molecule has 2 heterocycles. The van der Waals surface area contributed by atoms with Crippen molar-refractivity contribution >= 4 is 21.6 Å². The maximum atomic E-state index is 12.7. The molecule has 2 saturated heterocycles. The van der Waals surface area contributed by atoms with Gasteiger partial charge < -0.3 is 20.5 Å². The second-order valence-electron chi connectivity index (χ2n) is 14.2. The normalized spacial score (nSPS) is 29.4. The van der Waals surface area contributed by atoms with E-state index in [1.807, 2.05) is 77.0 Å². The molecule has 0 aliphatic carbocycles. The quantitative estimate of drug-likeness (QED) is 0.112. The summed E-state index contributed by atoms with van der Waals surface area (Å²) in [4.78, 5) is 0. The molecule has 2 aliphatic heterocycles. The average molecular weight is 605 g/mol. The first-order valence-corrected chi connectivity index (χ1v) is 18.4. The van der Waals surface area contributed by atoms with E-state index in [0.717, 1.165) is 35.8 Å². The fourth-order valence-corrected chi connectivity index (χ4v) is 8.30. The van der Waals surface area contributed by atoms with E-state index in [2.05, 4.69) is 0 Å². The summed E-state index contributed by atoms with van der Waals surface area (Å²) in [6, 6.07) is 0. The van der Waals surface area contributed by atoms with Crippen molar-refractivity contribution in [3.05, 3.63) is 10.4 Å². The second kappa shape index (κ2) is 15.9. The van der Waals surface area contributed by atoms with Gasteiger partial charge in [-0.3, -0.25) is 0 Å². The average Bonchev–Trinajstić information content (AvgIpc) is 3.08. The molecular weight excluding hydrogens is 544 g/mol. The molecule has 2 radical (unpaired) electrons. The number of hydrogen-bond acceptors (Lipinski definition) is 6. The van der Waals surface area contributed by atoms with Gasteiger partial charge >= 0.3 is 0 Å². The smallest absolute Gasteiger partial charge is 0.170 e. The van der Waals surface area contributed by atoms with Crippen LogP contribution in [-0.4, -0.2) is 56.1 Å². The van der Waals surface area contributed by atoms with Crippen LogP contribution in [0, 0.1) is 10.4 Å². The summed E-state index contributed by atoms with van der Waals surface area (Å²) in [5, 5.41) is 53.0. The fraction of sp³-hybridized carbons (Fsp3) is 1.00. The van der Waals surface area contributed by atoms with Gasteiger partial charge in [-0.2, -0.15) is 0 Å². The topological polar surface area (TPSA) is 101 Å². The molecule has 10 heteroatoms. The van der Waals surface area contributed by atoms with Crippen LogP contribution in [0.25, 0.3) is 0 Å². The van der Waals surface area contributed by atoms with Crippen LogP contribution in [0.5, 0.6) is 0 Å². The third-order valence-electron chi connectivity index (χ3n) is 10.6. The lowest BCUT2D eigenvalue weighted by Crippen LogP contribution is -3.17. The molecule has 2 rings (SSSR count). The monoisotopic (exact) mass is 604 g/mol. The van der Waals surface area contributed by atoms with Crippen molar-refractivity contribution in [2.24, 2.45) is 0 Å². The Morgan fingerprint density at radius 1 is 0.525 bits per heavy atom. The van der Waals surface area contributed by atoms with Crippen LogP contribution in [0.15, 0.2) is 0 Å². The van der Waals surface area contributed by atoms with Gasteiger partial charge in [0.1, 0.15) is 22.2 Å². The molecule has 2 fully saturated rings. The van der Waals surface area contributed by atoms with E-state index < -0.39 is 34.5 Å². The number of nitrogens with zero attached hydrogens (tertiary/aromatic N) is 2. The number of nitrogens with one attached hydrogen (secondary N) is 2. The predicted molar refractivity (Wildman–Crippen MR) is 167 cm³/mol. The van der Waals surface area contributed by atoms with Gasteiger partial charge in [0.05, 0.1) is 0 Å². The number of quaternary nitrogens is 2. The zero-order valence-corrected chi connectivity index (χ0v) is 28.4. The molecule has 0 amide bonds. The van der Waals surface area contributed by atoms with Crippen LogP contribution in [0.4, 0.5) is 0 Å². The summed E-state index contributed by atoms with van der Waals surface area (Å²) in [5.74, 6) is 2.42. The van der Waals surface area contributed by atoms with Crippen LogP contribution in [0.3, 0.4) is 0 Å². The summed E-state index contributed by atoms with van der Waals surface area (Å²) >= 11 is 0. The van der Waals surface area contributed by atoms with Gasteiger partial charge in [0.15, 0.2) is 12.3 Å². The highest BCUT2D eigenvalue weighted by molar-refractivity contribution is 8.76. The van der Waals surface area contributed by atoms with Gasteiger partial charge in [-0.15, -0.1) is 10.4 Å². The third kappa shape index (κ3) is 8.51. The minimum absolute atomic E-state index is 0.113. The van der Waals surface area contributed by atoms with E-state index in [4.69, 9.17) is 0 Å². The van der Waals surface area contributed by atoms with Crippen molar-refractivity contribution < 1.29 is 20.5 Å². The number of hydroxylamine groups is 8. The van der Waals surface area contributed by atoms with Gasteiger partial charge in [0, 0.05) is 24.3 Å². The molecule has 8 nitrogen and oxygen atoms in total. The van der Waals surface area contributed by atoms with Gasteiger partial charge in [0.2, 0.25) is 0 Å². The molecule has 236 valence electrons. The van der Waals surface area contributed by atoms with E-state index in [1.165, 1.54) is 62.9 Å². The van der Waals surface area contributed by atoms with Crippen molar-refractivity contribution in [1.82, 2.24) is 10.1 Å². The Hall–Kier alpha value is 0.380. The standard InChI is InChI=1S/C30H60N4O4S2/c1-27(2)28(3,4)32(36)25(31(27)35)21-17-13-9-11-15-19-23-39-40-24-20-16-12-10-14-18-22-26-33(37)29(5,6)30(7,8)34(26)38/h25-26,31,33H,9-24H2,1-8H3. The zero-order valence-electron chi connectivity index (χ0n) is 26.8. The molecule has 0 aromatic rings. The molecular formula is C30H60N4O4S2. The lowest BCUT2D eigenvalue weighted by Gasteiger charge is -2.39. The van der Waals surface area contributed by atoms with E-state index >= 15 is 0 Å². The molecule has 2 aliphatic rings. The predicted octanol–water partition coefficient (Wildman–Crippen LogP) is 5.68. The van der Waals surface area contributed by atoms with Gasteiger partial charge in [-0.05, 0) is 81.1 Å². The SMILES string of the molecule is CC1(C)N([O])C(CCCCCCCCSSCCCCCCCCC2N([O])C(C)(C)C(C)(C)[NH+]2[O-])[NH+]([O-])C1(C)C. The van der Waals surface area contributed by atoms with Crippen LogP contribution >= 0.6 is 21.6 Å². The molecule has 4 unspecified atom stereocenters. The summed E-state index contributed by atoms with van der Waals surface area (Å²) < 4.78 is 0. The molecule has 0 saturated carbocycles. The van der Waals surface area contributed by atoms with Crippen molar-refractivity contribution in [2.75, 3.05) is 11.5 Å². The summed E-state index contributed by atoms with van der Waals surface area (Å²) in [6.45, 7) is 15.2. The number of hydrogen-bond donors (Lipinski definition) is 2. The number of rotatable bonds is 19. The Morgan fingerprint density at radius 3 is 1.07 bits per heavy atom. The Bertz CT molecular complexity index is 640. The van der Waals surface area contributed by atoms with E-state index in [1.54, 1.807) is 0 Å². The third-order valence-corrected chi connectivity index (χ3v) is 13.1. The summed E-state index contributed by atoms with van der Waals surface area (Å²) in [6.07, 6.45) is 14.5. The van der Waals surface area contributed by atoms with E-state index in [-0.39, 0.29) is 10.1 Å². The van der Waals surface area contributed by atoms with Crippen LogP contribution < -0.4 is 10.1 Å². The molecule has 0 bridgehead atoms. The first-order valence-electron chi connectivity index (χ1n) is 15.9. The van der Waals surface area contributed by atoms with Crippen molar-refractivity contribution in [2.45, 2.75) is 180 Å². The first-order chi connectivity index (χ1) is 18.6. The Labute approximate surface area is 253 Å².